The maximum absolute atomic E-state index is 11.7. The summed E-state index contributed by atoms with van der Waals surface area (Å²) in [6.07, 6.45) is 2.12. The van der Waals surface area contributed by atoms with Crippen molar-refractivity contribution in [3.8, 4) is 0 Å². The van der Waals surface area contributed by atoms with Crippen LogP contribution in [0.1, 0.15) is 45.2 Å². The Kier molecular flexibility index (Phi) is 6.44. The van der Waals surface area contributed by atoms with Crippen LogP contribution in [0.3, 0.4) is 0 Å². The average molecular weight is 248 g/mol. The van der Waals surface area contributed by atoms with Gasteiger partial charge in [0.1, 0.15) is 0 Å². The first-order valence-corrected chi connectivity index (χ1v) is 6.71. The highest BCUT2D eigenvalue weighted by Gasteiger charge is 2.09. The van der Waals surface area contributed by atoms with Crippen molar-refractivity contribution in [3.63, 3.8) is 0 Å². The molecule has 100 valence electrons. The number of nitrogens with one attached hydrogen (secondary N) is 2. The van der Waals surface area contributed by atoms with Gasteiger partial charge in [-0.15, -0.1) is 0 Å². The third kappa shape index (κ3) is 5.32. The molecule has 0 aromatic heterocycles. The smallest absolute Gasteiger partial charge is 0.234 e. The molecule has 3 heteroatoms. The standard InChI is InChI=1S/C15H24N2O/c1-4-8-12(2)17-15(18)11-16-13(3)14-9-6-5-7-10-14/h5-7,9-10,12-13,16H,4,8,11H2,1-3H3,(H,17,18)/t12?,13-/m0/s1. The van der Waals surface area contributed by atoms with E-state index in [1.807, 2.05) is 25.1 Å². The maximum Gasteiger partial charge on any atom is 0.234 e. The van der Waals surface area contributed by atoms with E-state index in [1.54, 1.807) is 0 Å². The average Bonchev–Trinajstić information content (AvgIpc) is 2.37. The van der Waals surface area contributed by atoms with Crippen molar-refractivity contribution in [3.05, 3.63) is 35.9 Å². The van der Waals surface area contributed by atoms with Crippen LogP contribution < -0.4 is 10.6 Å². The molecule has 0 heterocycles. The second-order valence-electron chi connectivity index (χ2n) is 4.77. The molecule has 18 heavy (non-hydrogen) atoms. The van der Waals surface area contributed by atoms with Crippen LogP contribution in [0, 0.1) is 0 Å². The predicted molar refractivity (Wildman–Crippen MR) is 75.4 cm³/mol. The Morgan fingerprint density at radius 3 is 2.50 bits per heavy atom. The van der Waals surface area contributed by atoms with Crippen molar-refractivity contribution in [2.75, 3.05) is 6.54 Å². The molecule has 0 aliphatic carbocycles. The van der Waals surface area contributed by atoms with Gasteiger partial charge < -0.3 is 10.6 Å². The van der Waals surface area contributed by atoms with Crippen molar-refractivity contribution in [2.45, 2.75) is 45.7 Å². The zero-order valence-electron chi connectivity index (χ0n) is 11.6. The number of benzene rings is 1. The van der Waals surface area contributed by atoms with Gasteiger partial charge in [-0.3, -0.25) is 4.79 Å². The Morgan fingerprint density at radius 1 is 1.22 bits per heavy atom. The molecule has 2 atom stereocenters. The second-order valence-corrected chi connectivity index (χ2v) is 4.77. The Balaban J connectivity index is 2.30. The molecule has 1 amide bonds. The lowest BCUT2D eigenvalue weighted by Gasteiger charge is -2.16. The number of rotatable bonds is 7. The van der Waals surface area contributed by atoms with Crippen LogP contribution in [0.2, 0.25) is 0 Å². The molecule has 0 fully saturated rings. The highest BCUT2D eigenvalue weighted by Crippen LogP contribution is 2.10. The Hall–Kier alpha value is -1.35. The Labute approximate surface area is 110 Å². The van der Waals surface area contributed by atoms with E-state index in [0.29, 0.717) is 6.54 Å². The summed E-state index contributed by atoms with van der Waals surface area (Å²) in [6.45, 7) is 6.60. The zero-order chi connectivity index (χ0) is 13.4. The van der Waals surface area contributed by atoms with Crippen LogP contribution in [-0.4, -0.2) is 18.5 Å². The Morgan fingerprint density at radius 2 is 1.89 bits per heavy atom. The molecular formula is C15H24N2O. The van der Waals surface area contributed by atoms with E-state index in [-0.39, 0.29) is 18.0 Å². The van der Waals surface area contributed by atoms with Crippen LogP contribution >= 0.6 is 0 Å². The van der Waals surface area contributed by atoms with E-state index < -0.39 is 0 Å². The fourth-order valence-electron chi connectivity index (χ4n) is 1.94. The van der Waals surface area contributed by atoms with Gasteiger partial charge >= 0.3 is 0 Å². The summed E-state index contributed by atoms with van der Waals surface area (Å²) in [4.78, 5) is 11.7. The SMILES string of the molecule is CCCC(C)NC(=O)CN[C@@H](C)c1ccccc1. The Bertz CT molecular complexity index is 351. The molecule has 2 N–H and O–H groups in total. The first kappa shape index (κ1) is 14.7. The summed E-state index contributed by atoms with van der Waals surface area (Å²) in [5, 5.41) is 6.22. The number of hydrogen-bond acceptors (Lipinski definition) is 2. The molecular weight excluding hydrogens is 224 g/mol. The number of carbonyl (C=O) groups is 1. The van der Waals surface area contributed by atoms with Crippen molar-refractivity contribution in [2.24, 2.45) is 0 Å². The molecule has 1 unspecified atom stereocenters. The van der Waals surface area contributed by atoms with E-state index in [0.717, 1.165) is 12.8 Å². The van der Waals surface area contributed by atoms with Crippen LogP contribution in [0.4, 0.5) is 0 Å². The lowest BCUT2D eigenvalue weighted by molar-refractivity contribution is -0.121. The third-order valence-electron chi connectivity index (χ3n) is 3.00. The molecule has 0 aliphatic heterocycles. The summed E-state index contributed by atoms with van der Waals surface area (Å²) >= 11 is 0. The summed E-state index contributed by atoms with van der Waals surface area (Å²) in [5.74, 6) is 0.0683. The first-order chi connectivity index (χ1) is 8.63. The van der Waals surface area contributed by atoms with E-state index >= 15 is 0 Å². The minimum absolute atomic E-state index is 0.0683. The van der Waals surface area contributed by atoms with Crippen molar-refractivity contribution < 1.29 is 4.79 Å². The minimum atomic E-state index is 0.0683. The van der Waals surface area contributed by atoms with Gasteiger partial charge in [0.25, 0.3) is 0 Å². The van der Waals surface area contributed by atoms with Crippen molar-refractivity contribution in [1.29, 1.82) is 0 Å². The van der Waals surface area contributed by atoms with Gasteiger partial charge in [0.15, 0.2) is 0 Å². The zero-order valence-corrected chi connectivity index (χ0v) is 11.6. The number of carbonyl (C=O) groups excluding carboxylic acids is 1. The summed E-state index contributed by atoms with van der Waals surface area (Å²) in [5.41, 5.74) is 1.20. The highest BCUT2D eigenvalue weighted by molar-refractivity contribution is 5.78. The quantitative estimate of drug-likeness (QED) is 0.779. The van der Waals surface area contributed by atoms with Crippen LogP contribution in [0.15, 0.2) is 30.3 Å². The lowest BCUT2D eigenvalue weighted by Crippen LogP contribution is -2.39. The van der Waals surface area contributed by atoms with E-state index in [4.69, 9.17) is 0 Å². The molecule has 0 aliphatic rings. The second kappa shape index (κ2) is 7.88. The monoisotopic (exact) mass is 248 g/mol. The third-order valence-corrected chi connectivity index (χ3v) is 3.00. The van der Waals surface area contributed by atoms with E-state index in [9.17, 15) is 4.79 Å². The van der Waals surface area contributed by atoms with Crippen molar-refractivity contribution >= 4 is 5.91 Å². The molecule has 3 nitrogen and oxygen atoms in total. The molecule has 1 aromatic carbocycles. The molecule has 0 saturated heterocycles. The van der Waals surface area contributed by atoms with Gasteiger partial charge in [-0.25, -0.2) is 0 Å². The molecule has 0 spiro atoms. The van der Waals surface area contributed by atoms with Gasteiger partial charge in [0.2, 0.25) is 5.91 Å². The summed E-state index contributed by atoms with van der Waals surface area (Å²) in [7, 11) is 0. The van der Waals surface area contributed by atoms with Crippen LogP contribution in [0.25, 0.3) is 0 Å². The maximum atomic E-state index is 11.7. The molecule has 1 rings (SSSR count). The number of hydrogen-bond donors (Lipinski definition) is 2. The van der Waals surface area contributed by atoms with Gasteiger partial charge in [0, 0.05) is 12.1 Å². The van der Waals surface area contributed by atoms with Crippen molar-refractivity contribution in [1.82, 2.24) is 10.6 Å². The summed E-state index contributed by atoms with van der Waals surface area (Å²) in [6, 6.07) is 10.6. The first-order valence-electron chi connectivity index (χ1n) is 6.71. The minimum Gasteiger partial charge on any atom is -0.353 e. The largest absolute Gasteiger partial charge is 0.353 e. The fraction of sp³-hybridized carbons (Fsp3) is 0.533. The molecule has 0 bridgehead atoms. The predicted octanol–water partition coefficient (Wildman–Crippen LogP) is 2.64. The topological polar surface area (TPSA) is 41.1 Å². The lowest BCUT2D eigenvalue weighted by atomic mass is 10.1. The fourth-order valence-corrected chi connectivity index (χ4v) is 1.94. The summed E-state index contributed by atoms with van der Waals surface area (Å²) < 4.78 is 0. The van der Waals surface area contributed by atoms with Gasteiger partial charge in [-0.05, 0) is 25.8 Å². The molecule has 0 radical (unpaired) electrons. The van der Waals surface area contributed by atoms with Gasteiger partial charge in [0.05, 0.1) is 6.54 Å². The molecule has 0 saturated carbocycles. The van der Waals surface area contributed by atoms with Gasteiger partial charge in [-0.2, -0.15) is 0 Å². The van der Waals surface area contributed by atoms with Crippen LogP contribution in [-0.2, 0) is 4.79 Å². The van der Waals surface area contributed by atoms with Crippen LogP contribution in [0.5, 0.6) is 0 Å². The molecule has 1 aromatic rings. The van der Waals surface area contributed by atoms with Gasteiger partial charge in [-0.1, -0.05) is 43.7 Å². The van der Waals surface area contributed by atoms with E-state index in [1.165, 1.54) is 5.56 Å². The van der Waals surface area contributed by atoms with E-state index in [2.05, 4.69) is 36.6 Å². The highest BCUT2D eigenvalue weighted by atomic mass is 16.1. The normalized spacial score (nSPS) is 13.9. The number of amides is 1.